The van der Waals surface area contributed by atoms with Gasteiger partial charge in [-0.1, -0.05) is 6.42 Å². The van der Waals surface area contributed by atoms with Gasteiger partial charge in [0.25, 0.3) is 0 Å². The summed E-state index contributed by atoms with van der Waals surface area (Å²) in [6, 6.07) is 0. The Morgan fingerprint density at radius 3 is 2.45 bits per heavy atom. The van der Waals surface area contributed by atoms with Crippen LogP contribution >= 0.6 is 0 Å². The third-order valence-electron chi connectivity index (χ3n) is 4.58. The molecule has 0 aromatic carbocycles. The number of unbranched alkanes of at least 4 members (excludes halogenated alkanes) is 1. The number of rotatable bonds is 8. The van der Waals surface area contributed by atoms with Crippen LogP contribution in [0.4, 0.5) is 0 Å². The Kier molecular flexibility index (Phi) is 6.96. The fraction of sp³-hybridized carbons (Fsp3) is 0.938. The van der Waals surface area contributed by atoms with Crippen molar-refractivity contribution in [3.8, 4) is 0 Å². The number of aliphatic carboxylic acids is 1. The maximum absolute atomic E-state index is 11.0. The van der Waals surface area contributed by atoms with Crippen molar-refractivity contribution in [3.63, 3.8) is 0 Å². The number of hydrogen-bond acceptors (Lipinski definition) is 3. The summed E-state index contributed by atoms with van der Waals surface area (Å²) >= 11 is 0. The quantitative estimate of drug-likeness (QED) is 0.696. The first-order chi connectivity index (χ1) is 9.31. The first-order valence-electron chi connectivity index (χ1n) is 7.92. The van der Waals surface area contributed by atoms with Crippen LogP contribution in [0.3, 0.4) is 0 Å². The molecule has 0 atom stereocenters. The molecule has 0 bridgehead atoms. The molecule has 1 aliphatic heterocycles. The van der Waals surface area contributed by atoms with Gasteiger partial charge in [-0.15, -0.1) is 0 Å². The molecular formula is C16H32N2O2. The lowest BCUT2D eigenvalue weighted by Gasteiger charge is -2.31. The maximum Gasteiger partial charge on any atom is 0.309 e. The summed E-state index contributed by atoms with van der Waals surface area (Å²) in [4.78, 5) is 15.9. The molecule has 118 valence electrons. The summed E-state index contributed by atoms with van der Waals surface area (Å²) in [5.74, 6) is 0.156. The van der Waals surface area contributed by atoms with Crippen LogP contribution in [0, 0.1) is 11.3 Å². The van der Waals surface area contributed by atoms with Gasteiger partial charge in [0.1, 0.15) is 0 Å². The van der Waals surface area contributed by atoms with Gasteiger partial charge in [0.2, 0.25) is 0 Å². The number of carboxylic acids is 1. The standard InChI is InChI=1S/C16H32N2O2/c1-16(2,15(19)20)9-5-6-10-18(4)13-14-7-11-17(3)12-8-14/h14H,5-13H2,1-4H3,(H,19,20). The normalized spacial score (nSPS) is 18.6. The maximum atomic E-state index is 11.0. The van der Waals surface area contributed by atoms with Crippen molar-refractivity contribution < 1.29 is 9.90 Å². The van der Waals surface area contributed by atoms with Crippen LogP contribution in [-0.4, -0.2) is 61.2 Å². The lowest BCUT2D eigenvalue weighted by Crippen LogP contribution is -2.36. The highest BCUT2D eigenvalue weighted by atomic mass is 16.4. The average Bonchev–Trinajstić information content (AvgIpc) is 2.37. The Morgan fingerprint density at radius 2 is 1.90 bits per heavy atom. The zero-order chi connectivity index (χ0) is 15.2. The van der Waals surface area contributed by atoms with E-state index in [2.05, 4.69) is 23.9 Å². The molecule has 0 spiro atoms. The van der Waals surface area contributed by atoms with Gasteiger partial charge in [0.15, 0.2) is 0 Å². The van der Waals surface area contributed by atoms with Crippen molar-refractivity contribution in [2.24, 2.45) is 11.3 Å². The number of carboxylic acid groups (broad SMARTS) is 1. The minimum atomic E-state index is -0.683. The van der Waals surface area contributed by atoms with Gasteiger partial charge >= 0.3 is 5.97 Å². The molecule has 1 N–H and O–H groups in total. The van der Waals surface area contributed by atoms with E-state index >= 15 is 0 Å². The zero-order valence-corrected chi connectivity index (χ0v) is 13.7. The number of carbonyl (C=O) groups is 1. The summed E-state index contributed by atoms with van der Waals surface area (Å²) in [6.45, 7) is 8.37. The first kappa shape index (κ1) is 17.4. The zero-order valence-electron chi connectivity index (χ0n) is 13.7. The highest BCUT2D eigenvalue weighted by Crippen LogP contribution is 2.23. The van der Waals surface area contributed by atoms with E-state index in [0.717, 1.165) is 31.7 Å². The van der Waals surface area contributed by atoms with Gasteiger partial charge in [-0.2, -0.15) is 0 Å². The SMILES string of the molecule is CN1CCC(CN(C)CCCCC(C)(C)C(=O)O)CC1. The van der Waals surface area contributed by atoms with Crippen molar-refractivity contribution in [2.75, 3.05) is 40.3 Å². The Labute approximate surface area is 124 Å². The fourth-order valence-corrected chi connectivity index (χ4v) is 2.83. The van der Waals surface area contributed by atoms with Gasteiger partial charge in [-0.3, -0.25) is 4.79 Å². The molecule has 1 saturated heterocycles. The van der Waals surface area contributed by atoms with E-state index in [1.54, 1.807) is 0 Å². The van der Waals surface area contributed by atoms with Crippen LogP contribution in [0.5, 0.6) is 0 Å². The number of hydrogen-bond donors (Lipinski definition) is 1. The second-order valence-electron chi connectivity index (χ2n) is 7.16. The molecule has 0 saturated carbocycles. The summed E-state index contributed by atoms with van der Waals surface area (Å²) in [6.07, 6.45) is 5.49. The van der Waals surface area contributed by atoms with E-state index in [-0.39, 0.29) is 0 Å². The Bertz CT molecular complexity index is 297. The van der Waals surface area contributed by atoms with Crippen molar-refractivity contribution >= 4 is 5.97 Å². The second-order valence-corrected chi connectivity index (χ2v) is 7.16. The molecule has 0 amide bonds. The largest absolute Gasteiger partial charge is 0.481 e. The van der Waals surface area contributed by atoms with E-state index in [4.69, 9.17) is 5.11 Å². The molecule has 4 heteroatoms. The molecular weight excluding hydrogens is 252 g/mol. The lowest BCUT2D eigenvalue weighted by molar-refractivity contribution is -0.147. The third-order valence-corrected chi connectivity index (χ3v) is 4.58. The first-order valence-corrected chi connectivity index (χ1v) is 7.92. The van der Waals surface area contributed by atoms with E-state index in [1.807, 2.05) is 13.8 Å². The monoisotopic (exact) mass is 284 g/mol. The molecule has 1 aliphatic rings. The van der Waals surface area contributed by atoms with E-state index in [9.17, 15) is 4.79 Å². The van der Waals surface area contributed by atoms with Gasteiger partial charge in [0, 0.05) is 6.54 Å². The van der Waals surface area contributed by atoms with Crippen molar-refractivity contribution in [1.82, 2.24) is 9.80 Å². The molecule has 0 aliphatic carbocycles. The van der Waals surface area contributed by atoms with Crippen LogP contribution in [-0.2, 0) is 4.79 Å². The fourth-order valence-electron chi connectivity index (χ4n) is 2.83. The minimum Gasteiger partial charge on any atom is -0.481 e. The number of likely N-dealkylation sites (tertiary alicyclic amines) is 1. The summed E-state index contributed by atoms with van der Waals surface area (Å²) in [5, 5.41) is 9.07. The summed E-state index contributed by atoms with van der Waals surface area (Å²) < 4.78 is 0. The highest BCUT2D eigenvalue weighted by molar-refractivity contribution is 5.73. The molecule has 0 radical (unpaired) electrons. The van der Waals surface area contributed by atoms with Crippen LogP contribution in [0.15, 0.2) is 0 Å². The third kappa shape index (κ3) is 6.23. The molecule has 1 rings (SSSR count). The smallest absolute Gasteiger partial charge is 0.309 e. The molecule has 20 heavy (non-hydrogen) atoms. The van der Waals surface area contributed by atoms with Crippen molar-refractivity contribution in [2.45, 2.75) is 46.0 Å². The van der Waals surface area contributed by atoms with Crippen LogP contribution in [0.25, 0.3) is 0 Å². The summed E-state index contributed by atoms with van der Waals surface area (Å²) in [7, 11) is 4.39. The molecule has 1 heterocycles. The summed E-state index contributed by atoms with van der Waals surface area (Å²) in [5.41, 5.74) is -0.577. The average molecular weight is 284 g/mol. The molecule has 0 aromatic rings. The minimum absolute atomic E-state index is 0.577. The molecule has 1 fully saturated rings. The Balaban J connectivity index is 2.11. The number of nitrogens with zero attached hydrogens (tertiary/aromatic N) is 2. The Morgan fingerprint density at radius 1 is 1.30 bits per heavy atom. The second kappa shape index (κ2) is 7.99. The van der Waals surface area contributed by atoms with E-state index < -0.39 is 11.4 Å². The Hall–Kier alpha value is -0.610. The predicted molar refractivity (Wildman–Crippen MR) is 83.0 cm³/mol. The predicted octanol–water partition coefficient (Wildman–Crippen LogP) is 2.54. The van der Waals surface area contributed by atoms with Gasteiger partial charge < -0.3 is 14.9 Å². The van der Waals surface area contributed by atoms with Crippen LogP contribution in [0.2, 0.25) is 0 Å². The molecule has 0 aromatic heterocycles. The highest BCUT2D eigenvalue weighted by Gasteiger charge is 2.26. The van der Waals surface area contributed by atoms with Crippen LogP contribution in [0.1, 0.15) is 46.0 Å². The van der Waals surface area contributed by atoms with Crippen LogP contribution < -0.4 is 0 Å². The molecule has 4 nitrogen and oxygen atoms in total. The van der Waals surface area contributed by atoms with Gasteiger partial charge in [0.05, 0.1) is 5.41 Å². The van der Waals surface area contributed by atoms with Gasteiger partial charge in [-0.05, 0) is 79.2 Å². The van der Waals surface area contributed by atoms with Crippen molar-refractivity contribution in [1.29, 1.82) is 0 Å². The van der Waals surface area contributed by atoms with Crippen molar-refractivity contribution in [3.05, 3.63) is 0 Å². The van der Waals surface area contributed by atoms with Gasteiger partial charge in [-0.25, -0.2) is 0 Å². The number of piperidine rings is 1. The van der Waals surface area contributed by atoms with E-state index in [1.165, 1.54) is 32.5 Å². The van der Waals surface area contributed by atoms with E-state index in [0.29, 0.717) is 0 Å². The molecule has 0 unspecified atom stereocenters. The lowest BCUT2D eigenvalue weighted by atomic mass is 9.87. The topological polar surface area (TPSA) is 43.8 Å².